The number of benzene rings is 1. The molecule has 3 rings (SSSR count). The molecule has 0 unspecified atom stereocenters. The Labute approximate surface area is 152 Å². The number of anilines is 1. The molecule has 25 heavy (non-hydrogen) atoms. The van der Waals surface area contributed by atoms with Crippen molar-refractivity contribution >= 4 is 23.5 Å². The maximum atomic E-state index is 12.2. The van der Waals surface area contributed by atoms with Crippen LogP contribution in [0.25, 0.3) is 5.69 Å². The van der Waals surface area contributed by atoms with E-state index in [1.165, 1.54) is 0 Å². The number of hydrogen-bond acceptors (Lipinski definition) is 5. The molecular weight excluding hydrogens is 340 g/mol. The van der Waals surface area contributed by atoms with Crippen LogP contribution < -0.4 is 4.90 Å². The van der Waals surface area contributed by atoms with E-state index in [1.807, 2.05) is 49.6 Å². The molecule has 2 heterocycles. The van der Waals surface area contributed by atoms with Crippen molar-refractivity contribution in [2.45, 2.75) is 33.6 Å². The Kier molecular flexibility index (Phi) is 4.99. The van der Waals surface area contributed by atoms with E-state index >= 15 is 0 Å². The zero-order valence-electron chi connectivity index (χ0n) is 14.8. The van der Waals surface area contributed by atoms with E-state index in [1.54, 1.807) is 0 Å². The van der Waals surface area contributed by atoms with Gasteiger partial charge >= 0.3 is 5.97 Å². The lowest BCUT2D eigenvalue weighted by molar-refractivity contribution is -0.155. The number of halogens is 1. The summed E-state index contributed by atoms with van der Waals surface area (Å²) in [5, 5.41) is 9.29. The molecule has 0 bridgehead atoms. The molecule has 0 spiro atoms. The van der Waals surface area contributed by atoms with Crippen LogP contribution in [0.3, 0.4) is 0 Å². The Balaban J connectivity index is 1.81. The minimum absolute atomic E-state index is 0.106. The summed E-state index contributed by atoms with van der Waals surface area (Å²) in [5.74, 6) is 1.51. The third-order valence-electron chi connectivity index (χ3n) is 4.81. The average Bonchev–Trinajstić information content (AvgIpc) is 2.98. The van der Waals surface area contributed by atoms with E-state index in [0.717, 1.165) is 43.4 Å². The Bertz CT molecular complexity index is 749. The van der Waals surface area contributed by atoms with Gasteiger partial charge in [0.25, 0.3) is 0 Å². The fourth-order valence-electron chi connectivity index (χ4n) is 3.16. The first-order valence-electron chi connectivity index (χ1n) is 8.55. The summed E-state index contributed by atoms with van der Waals surface area (Å²) < 4.78 is 7.25. The number of piperidine rings is 1. The van der Waals surface area contributed by atoms with Crippen molar-refractivity contribution in [3.05, 3.63) is 35.1 Å². The molecule has 0 saturated carbocycles. The molecular formula is C18H23ClN4O2. The molecule has 1 aliphatic rings. The maximum absolute atomic E-state index is 12.2. The molecule has 134 valence electrons. The standard InChI is InChI=1S/C18H23ClN4O2/c1-4-25-16(24)18(3)9-11-22(12-10-18)17-21-20-13(2)23(17)15-7-5-14(19)6-8-15/h5-8H,4,9-12H2,1-3H3. The van der Waals surface area contributed by atoms with E-state index in [2.05, 4.69) is 15.1 Å². The topological polar surface area (TPSA) is 60.2 Å². The average molecular weight is 363 g/mol. The zero-order valence-corrected chi connectivity index (χ0v) is 15.6. The lowest BCUT2D eigenvalue weighted by Crippen LogP contribution is -2.44. The number of carbonyl (C=O) groups excluding carboxylic acids is 1. The number of aryl methyl sites for hydroxylation is 1. The summed E-state index contributed by atoms with van der Waals surface area (Å²) in [6, 6.07) is 7.62. The van der Waals surface area contributed by atoms with Crippen LogP contribution in [0.4, 0.5) is 5.95 Å². The smallest absolute Gasteiger partial charge is 0.311 e. The van der Waals surface area contributed by atoms with Crippen LogP contribution in [0.15, 0.2) is 24.3 Å². The lowest BCUT2D eigenvalue weighted by Gasteiger charge is -2.37. The molecule has 0 radical (unpaired) electrons. The van der Waals surface area contributed by atoms with Crippen molar-refractivity contribution < 1.29 is 9.53 Å². The quantitative estimate of drug-likeness (QED) is 0.780. The summed E-state index contributed by atoms with van der Waals surface area (Å²) in [4.78, 5) is 14.4. The molecule has 1 aliphatic heterocycles. The number of hydrogen-bond donors (Lipinski definition) is 0. The second-order valence-corrected chi connectivity index (χ2v) is 7.06. The van der Waals surface area contributed by atoms with Gasteiger partial charge in [0.1, 0.15) is 5.82 Å². The number of esters is 1. The number of carbonyl (C=O) groups is 1. The first-order valence-corrected chi connectivity index (χ1v) is 8.92. The molecule has 1 aromatic heterocycles. The summed E-state index contributed by atoms with van der Waals surface area (Å²) >= 11 is 5.99. The van der Waals surface area contributed by atoms with Crippen molar-refractivity contribution in [2.75, 3.05) is 24.6 Å². The number of ether oxygens (including phenoxy) is 1. The Morgan fingerprint density at radius 1 is 1.24 bits per heavy atom. The monoisotopic (exact) mass is 362 g/mol. The van der Waals surface area contributed by atoms with Gasteiger partial charge in [-0.3, -0.25) is 9.36 Å². The zero-order chi connectivity index (χ0) is 18.0. The third-order valence-corrected chi connectivity index (χ3v) is 5.06. The Morgan fingerprint density at radius 3 is 2.48 bits per heavy atom. The van der Waals surface area contributed by atoms with Gasteiger partial charge in [-0.2, -0.15) is 0 Å². The molecule has 1 saturated heterocycles. The molecule has 2 aromatic rings. The van der Waals surface area contributed by atoms with E-state index in [9.17, 15) is 4.79 Å². The maximum Gasteiger partial charge on any atom is 0.311 e. The van der Waals surface area contributed by atoms with Crippen molar-refractivity contribution in [3.63, 3.8) is 0 Å². The van der Waals surface area contributed by atoms with Gasteiger partial charge in [-0.15, -0.1) is 10.2 Å². The largest absolute Gasteiger partial charge is 0.466 e. The molecule has 6 nitrogen and oxygen atoms in total. The SMILES string of the molecule is CCOC(=O)C1(C)CCN(c2nnc(C)n2-c2ccc(Cl)cc2)CC1. The minimum atomic E-state index is -0.424. The van der Waals surface area contributed by atoms with Gasteiger partial charge in [-0.1, -0.05) is 11.6 Å². The highest BCUT2D eigenvalue weighted by atomic mass is 35.5. The van der Waals surface area contributed by atoms with Gasteiger partial charge in [-0.25, -0.2) is 0 Å². The molecule has 0 atom stereocenters. The summed E-state index contributed by atoms with van der Waals surface area (Å²) in [6.07, 6.45) is 1.47. The van der Waals surface area contributed by atoms with Gasteiger partial charge < -0.3 is 9.64 Å². The predicted octanol–water partition coefficient (Wildman–Crippen LogP) is 3.40. The Hall–Kier alpha value is -2.08. The van der Waals surface area contributed by atoms with Crippen LogP contribution in [0.5, 0.6) is 0 Å². The van der Waals surface area contributed by atoms with Gasteiger partial charge in [0.15, 0.2) is 0 Å². The summed E-state index contributed by atoms with van der Waals surface area (Å²) in [7, 11) is 0. The summed E-state index contributed by atoms with van der Waals surface area (Å²) in [6.45, 7) is 7.65. The van der Waals surface area contributed by atoms with Crippen LogP contribution in [-0.2, 0) is 9.53 Å². The van der Waals surface area contributed by atoms with E-state index < -0.39 is 5.41 Å². The third kappa shape index (κ3) is 3.49. The van der Waals surface area contributed by atoms with Gasteiger partial charge in [-0.05, 0) is 57.9 Å². The highest BCUT2D eigenvalue weighted by Gasteiger charge is 2.39. The minimum Gasteiger partial charge on any atom is -0.466 e. The first-order chi connectivity index (χ1) is 11.9. The van der Waals surface area contributed by atoms with Crippen LogP contribution in [0.1, 0.15) is 32.5 Å². The molecule has 0 N–H and O–H groups in total. The van der Waals surface area contributed by atoms with Crippen molar-refractivity contribution in [1.82, 2.24) is 14.8 Å². The van der Waals surface area contributed by atoms with Gasteiger partial charge in [0.05, 0.1) is 17.7 Å². The van der Waals surface area contributed by atoms with Gasteiger partial charge in [0, 0.05) is 18.1 Å². The fraction of sp³-hybridized carbons (Fsp3) is 0.500. The fourth-order valence-corrected chi connectivity index (χ4v) is 3.28. The van der Waals surface area contributed by atoms with E-state index in [4.69, 9.17) is 16.3 Å². The number of nitrogens with zero attached hydrogens (tertiary/aromatic N) is 4. The predicted molar refractivity (Wildman–Crippen MR) is 97.3 cm³/mol. The summed E-state index contributed by atoms with van der Waals surface area (Å²) in [5.41, 5.74) is 0.549. The molecule has 0 aliphatic carbocycles. The highest BCUT2D eigenvalue weighted by Crippen LogP contribution is 2.34. The number of rotatable bonds is 4. The van der Waals surface area contributed by atoms with E-state index in [-0.39, 0.29) is 5.97 Å². The molecule has 7 heteroatoms. The Morgan fingerprint density at radius 2 is 1.88 bits per heavy atom. The van der Waals surface area contributed by atoms with Crippen molar-refractivity contribution in [2.24, 2.45) is 5.41 Å². The van der Waals surface area contributed by atoms with Crippen LogP contribution >= 0.6 is 11.6 Å². The second-order valence-electron chi connectivity index (χ2n) is 6.63. The van der Waals surface area contributed by atoms with E-state index in [0.29, 0.717) is 11.6 Å². The number of aromatic nitrogens is 3. The van der Waals surface area contributed by atoms with Crippen molar-refractivity contribution in [3.8, 4) is 5.69 Å². The first kappa shape index (κ1) is 17.7. The van der Waals surface area contributed by atoms with Crippen molar-refractivity contribution in [1.29, 1.82) is 0 Å². The highest BCUT2D eigenvalue weighted by molar-refractivity contribution is 6.30. The van der Waals surface area contributed by atoms with Crippen LogP contribution in [0.2, 0.25) is 5.02 Å². The second kappa shape index (κ2) is 7.04. The molecule has 1 fully saturated rings. The lowest BCUT2D eigenvalue weighted by atomic mass is 9.80. The normalized spacial score (nSPS) is 16.7. The molecule has 0 amide bonds. The van der Waals surface area contributed by atoms with Gasteiger partial charge in [0.2, 0.25) is 5.95 Å². The molecule has 1 aromatic carbocycles. The van der Waals surface area contributed by atoms with Crippen LogP contribution in [-0.4, -0.2) is 40.4 Å². The van der Waals surface area contributed by atoms with Crippen LogP contribution in [0, 0.1) is 12.3 Å².